The highest BCUT2D eigenvalue weighted by Gasteiger charge is 2.07. The van der Waals surface area contributed by atoms with Crippen molar-refractivity contribution in [1.82, 2.24) is 0 Å². The van der Waals surface area contributed by atoms with Gasteiger partial charge in [-0.1, -0.05) is 22.0 Å². The standard InChI is InChI=1S/C15H20BrNO3/c1-11(2)20-9-8-17(3)14-10-13(16)6-4-12(14)5-7-15(18)19/h4-7,10-11H,8-9H2,1-3H3,(H,18,19)/b7-5+. The second kappa shape index (κ2) is 8.07. The molecule has 5 heteroatoms. The van der Waals surface area contributed by atoms with E-state index >= 15 is 0 Å². The predicted octanol–water partition coefficient (Wildman–Crippen LogP) is 3.41. The van der Waals surface area contributed by atoms with Gasteiger partial charge < -0.3 is 14.7 Å². The number of benzene rings is 1. The molecule has 1 aromatic rings. The van der Waals surface area contributed by atoms with Crippen molar-refractivity contribution in [2.45, 2.75) is 20.0 Å². The van der Waals surface area contributed by atoms with Crippen molar-refractivity contribution in [3.05, 3.63) is 34.3 Å². The second-order valence-electron chi connectivity index (χ2n) is 4.72. The maximum atomic E-state index is 10.6. The van der Waals surface area contributed by atoms with Crippen LogP contribution in [0.3, 0.4) is 0 Å². The first kappa shape index (κ1) is 16.7. The number of carbonyl (C=O) groups is 1. The normalized spacial score (nSPS) is 11.2. The number of hydrogen-bond acceptors (Lipinski definition) is 3. The van der Waals surface area contributed by atoms with Gasteiger partial charge >= 0.3 is 5.97 Å². The summed E-state index contributed by atoms with van der Waals surface area (Å²) in [5.74, 6) is -0.954. The number of rotatable bonds is 7. The first-order valence-corrected chi connectivity index (χ1v) is 7.22. The molecule has 0 aliphatic rings. The van der Waals surface area contributed by atoms with Crippen LogP contribution in [0.25, 0.3) is 6.08 Å². The van der Waals surface area contributed by atoms with Crippen LogP contribution in [0, 0.1) is 0 Å². The summed E-state index contributed by atoms with van der Waals surface area (Å²) in [7, 11) is 1.96. The van der Waals surface area contributed by atoms with Gasteiger partial charge in [-0.25, -0.2) is 4.79 Å². The van der Waals surface area contributed by atoms with Crippen molar-refractivity contribution in [3.8, 4) is 0 Å². The molecular weight excluding hydrogens is 322 g/mol. The Morgan fingerprint density at radius 3 is 2.80 bits per heavy atom. The van der Waals surface area contributed by atoms with E-state index in [1.54, 1.807) is 6.08 Å². The minimum absolute atomic E-state index is 0.206. The average molecular weight is 342 g/mol. The zero-order valence-electron chi connectivity index (χ0n) is 12.0. The molecule has 0 aliphatic carbocycles. The summed E-state index contributed by atoms with van der Waals surface area (Å²) in [6.07, 6.45) is 2.95. The monoisotopic (exact) mass is 341 g/mol. The van der Waals surface area contributed by atoms with E-state index in [4.69, 9.17) is 9.84 Å². The van der Waals surface area contributed by atoms with E-state index in [1.807, 2.05) is 39.1 Å². The Balaban J connectivity index is 2.85. The van der Waals surface area contributed by atoms with Crippen LogP contribution in [0.2, 0.25) is 0 Å². The lowest BCUT2D eigenvalue weighted by Gasteiger charge is -2.22. The number of likely N-dealkylation sites (N-methyl/N-ethyl adjacent to an activating group) is 1. The highest BCUT2D eigenvalue weighted by molar-refractivity contribution is 9.10. The molecule has 20 heavy (non-hydrogen) atoms. The van der Waals surface area contributed by atoms with E-state index in [-0.39, 0.29) is 6.10 Å². The Morgan fingerprint density at radius 2 is 2.20 bits per heavy atom. The first-order valence-electron chi connectivity index (χ1n) is 6.43. The van der Waals surface area contributed by atoms with E-state index in [0.717, 1.165) is 28.3 Å². The summed E-state index contributed by atoms with van der Waals surface area (Å²) in [6.45, 7) is 5.37. The zero-order valence-corrected chi connectivity index (χ0v) is 13.6. The number of nitrogens with zero attached hydrogens (tertiary/aromatic N) is 1. The lowest BCUT2D eigenvalue weighted by atomic mass is 10.1. The number of hydrogen-bond donors (Lipinski definition) is 1. The summed E-state index contributed by atoms with van der Waals surface area (Å²) in [5, 5.41) is 8.73. The average Bonchev–Trinajstić information content (AvgIpc) is 2.36. The van der Waals surface area contributed by atoms with Crippen LogP contribution in [-0.2, 0) is 9.53 Å². The minimum atomic E-state index is -0.954. The predicted molar refractivity (Wildman–Crippen MR) is 85.2 cm³/mol. The maximum absolute atomic E-state index is 10.6. The molecule has 0 saturated carbocycles. The smallest absolute Gasteiger partial charge is 0.328 e. The van der Waals surface area contributed by atoms with Crippen LogP contribution in [0.1, 0.15) is 19.4 Å². The van der Waals surface area contributed by atoms with Crippen LogP contribution in [-0.4, -0.2) is 37.4 Å². The fourth-order valence-corrected chi connectivity index (χ4v) is 2.04. The fourth-order valence-electron chi connectivity index (χ4n) is 1.70. The summed E-state index contributed by atoms with van der Waals surface area (Å²) >= 11 is 3.44. The number of ether oxygens (including phenoxy) is 1. The van der Waals surface area contributed by atoms with E-state index < -0.39 is 5.97 Å². The first-order chi connectivity index (χ1) is 9.40. The largest absolute Gasteiger partial charge is 0.478 e. The third kappa shape index (κ3) is 5.75. The number of halogens is 1. The molecule has 1 aromatic carbocycles. The van der Waals surface area contributed by atoms with Crippen molar-refractivity contribution in [2.24, 2.45) is 0 Å². The van der Waals surface area contributed by atoms with Crippen molar-refractivity contribution < 1.29 is 14.6 Å². The number of carboxylic acid groups (broad SMARTS) is 1. The van der Waals surface area contributed by atoms with Gasteiger partial charge in [0.1, 0.15) is 0 Å². The van der Waals surface area contributed by atoms with Gasteiger partial charge in [0.2, 0.25) is 0 Å². The molecule has 4 nitrogen and oxygen atoms in total. The molecule has 1 rings (SSSR count). The van der Waals surface area contributed by atoms with Gasteiger partial charge in [-0.05, 0) is 37.6 Å². The topological polar surface area (TPSA) is 49.8 Å². The van der Waals surface area contributed by atoms with Gasteiger partial charge in [0.25, 0.3) is 0 Å². The molecule has 0 saturated heterocycles. The van der Waals surface area contributed by atoms with Crippen molar-refractivity contribution in [1.29, 1.82) is 0 Å². The van der Waals surface area contributed by atoms with Gasteiger partial charge in [0.15, 0.2) is 0 Å². The number of anilines is 1. The van der Waals surface area contributed by atoms with Crippen molar-refractivity contribution >= 4 is 33.7 Å². The van der Waals surface area contributed by atoms with E-state index in [2.05, 4.69) is 20.8 Å². The molecule has 0 unspecified atom stereocenters. The highest BCUT2D eigenvalue weighted by Crippen LogP contribution is 2.25. The van der Waals surface area contributed by atoms with E-state index in [1.165, 1.54) is 0 Å². The van der Waals surface area contributed by atoms with Gasteiger partial charge in [-0.2, -0.15) is 0 Å². The molecular formula is C15H20BrNO3. The molecule has 0 heterocycles. The maximum Gasteiger partial charge on any atom is 0.328 e. The molecule has 0 atom stereocenters. The molecule has 0 aliphatic heterocycles. The molecule has 0 amide bonds. The minimum Gasteiger partial charge on any atom is -0.478 e. The summed E-state index contributed by atoms with van der Waals surface area (Å²) in [5.41, 5.74) is 1.83. The SMILES string of the molecule is CC(C)OCCN(C)c1cc(Br)ccc1/C=C/C(=O)O. The number of aliphatic carboxylic acids is 1. The van der Waals surface area contributed by atoms with Gasteiger partial charge in [0, 0.05) is 29.8 Å². The molecule has 110 valence electrons. The number of carboxylic acids is 1. The zero-order chi connectivity index (χ0) is 15.1. The Labute approximate surface area is 128 Å². The molecule has 0 bridgehead atoms. The highest BCUT2D eigenvalue weighted by atomic mass is 79.9. The molecule has 1 N–H and O–H groups in total. The Hall–Kier alpha value is -1.33. The van der Waals surface area contributed by atoms with Crippen LogP contribution < -0.4 is 4.90 Å². The summed E-state index contributed by atoms with van der Waals surface area (Å²) in [4.78, 5) is 12.7. The van der Waals surface area contributed by atoms with Crippen molar-refractivity contribution in [3.63, 3.8) is 0 Å². The fraction of sp³-hybridized carbons (Fsp3) is 0.400. The molecule has 0 spiro atoms. The van der Waals surface area contributed by atoms with Crippen LogP contribution in [0.15, 0.2) is 28.7 Å². The quantitative estimate of drug-likeness (QED) is 0.772. The second-order valence-corrected chi connectivity index (χ2v) is 5.63. The van der Waals surface area contributed by atoms with E-state index in [0.29, 0.717) is 6.61 Å². The van der Waals surface area contributed by atoms with Crippen LogP contribution >= 0.6 is 15.9 Å². The Bertz CT molecular complexity index is 486. The van der Waals surface area contributed by atoms with E-state index in [9.17, 15) is 4.79 Å². The van der Waals surface area contributed by atoms with Gasteiger partial charge in [0.05, 0.1) is 12.7 Å². The van der Waals surface area contributed by atoms with Crippen LogP contribution in [0.5, 0.6) is 0 Å². The third-order valence-corrected chi connectivity index (χ3v) is 3.18. The van der Waals surface area contributed by atoms with Crippen LogP contribution in [0.4, 0.5) is 5.69 Å². The Kier molecular flexibility index (Phi) is 6.75. The lowest BCUT2D eigenvalue weighted by molar-refractivity contribution is -0.131. The summed E-state index contributed by atoms with van der Waals surface area (Å²) < 4.78 is 6.49. The summed E-state index contributed by atoms with van der Waals surface area (Å²) in [6, 6.07) is 5.75. The van der Waals surface area contributed by atoms with Crippen molar-refractivity contribution in [2.75, 3.05) is 25.1 Å². The third-order valence-electron chi connectivity index (χ3n) is 2.69. The molecule has 0 fully saturated rings. The molecule has 0 radical (unpaired) electrons. The van der Waals surface area contributed by atoms with Gasteiger partial charge in [-0.3, -0.25) is 0 Å². The Morgan fingerprint density at radius 1 is 1.50 bits per heavy atom. The lowest BCUT2D eigenvalue weighted by Crippen LogP contribution is -2.24. The van der Waals surface area contributed by atoms with Gasteiger partial charge in [-0.15, -0.1) is 0 Å². The molecule has 0 aromatic heterocycles.